The van der Waals surface area contributed by atoms with Gasteiger partial charge in [-0.3, -0.25) is 4.79 Å². The minimum absolute atomic E-state index is 0.0969. The third-order valence-corrected chi connectivity index (χ3v) is 5.77. The van der Waals surface area contributed by atoms with Gasteiger partial charge < -0.3 is 14.1 Å². The molecule has 0 atom stereocenters. The van der Waals surface area contributed by atoms with E-state index in [-0.39, 0.29) is 5.91 Å². The summed E-state index contributed by atoms with van der Waals surface area (Å²) in [5.74, 6) is 1.11. The van der Waals surface area contributed by atoms with Crippen molar-refractivity contribution in [3.63, 3.8) is 0 Å². The Balaban J connectivity index is 1.41. The van der Waals surface area contributed by atoms with E-state index in [1.807, 2.05) is 41.4 Å². The van der Waals surface area contributed by atoms with Crippen LogP contribution < -0.4 is 0 Å². The number of likely N-dealkylation sites (tertiary alicyclic amines) is 1. The number of hydrogen-bond donors (Lipinski definition) is 0. The maximum atomic E-state index is 12.7. The number of amides is 1. The average Bonchev–Trinajstić information content (AvgIpc) is 3.21. The molecule has 2 aromatic heterocycles. The monoisotopic (exact) mass is 390 g/mol. The van der Waals surface area contributed by atoms with Crippen LogP contribution in [0.1, 0.15) is 40.5 Å². The molecule has 0 saturated carbocycles. The highest BCUT2D eigenvalue weighted by molar-refractivity contribution is 5.92. The first kappa shape index (κ1) is 18.0. The number of fused-ring (bicyclic) bond motifs is 2. The van der Waals surface area contributed by atoms with Crippen molar-refractivity contribution in [1.82, 2.24) is 19.9 Å². The zero-order valence-electron chi connectivity index (χ0n) is 16.3. The third-order valence-electron chi connectivity index (χ3n) is 5.77. The van der Waals surface area contributed by atoms with Gasteiger partial charge in [-0.05, 0) is 24.8 Å². The van der Waals surface area contributed by atoms with E-state index in [1.54, 1.807) is 6.92 Å². The van der Waals surface area contributed by atoms with Crippen molar-refractivity contribution in [3.05, 3.63) is 65.6 Å². The summed E-state index contributed by atoms with van der Waals surface area (Å²) >= 11 is 0. The van der Waals surface area contributed by atoms with Crippen LogP contribution in [0.5, 0.6) is 0 Å². The first-order chi connectivity index (χ1) is 14.1. The fourth-order valence-corrected chi connectivity index (χ4v) is 4.21. The number of oxazole rings is 1. The van der Waals surface area contributed by atoms with Gasteiger partial charge in [0.1, 0.15) is 11.9 Å². The van der Waals surface area contributed by atoms with Crippen LogP contribution >= 0.6 is 0 Å². The van der Waals surface area contributed by atoms with Gasteiger partial charge in [0.25, 0.3) is 5.91 Å². The Kier molecular flexibility index (Phi) is 4.39. The summed E-state index contributed by atoms with van der Waals surface area (Å²) < 4.78 is 11.5. The summed E-state index contributed by atoms with van der Waals surface area (Å²) in [6.45, 7) is 3.57. The molecule has 1 saturated heterocycles. The first-order valence-electron chi connectivity index (χ1n) is 9.92. The van der Waals surface area contributed by atoms with Crippen LogP contribution in [0.3, 0.4) is 0 Å². The summed E-state index contributed by atoms with van der Waals surface area (Å²) in [6.07, 6.45) is 5.58. The summed E-state index contributed by atoms with van der Waals surface area (Å²) in [5.41, 5.74) is 3.00. The van der Waals surface area contributed by atoms with Crippen molar-refractivity contribution in [2.45, 2.75) is 31.8 Å². The number of benzene rings is 1. The molecule has 0 radical (unpaired) electrons. The van der Waals surface area contributed by atoms with Crippen molar-refractivity contribution >= 4 is 5.91 Å². The van der Waals surface area contributed by atoms with Crippen molar-refractivity contribution in [3.8, 4) is 11.4 Å². The van der Waals surface area contributed by atoms with E-state index >= 15 is 0 Å². The van der Waals surface area contributed by atoms with Gasteiger partial charge in [-0.1, -0.05) is 30.3 Å². The molecule has 1 aromatic carbocycles. The largest absolute Gasteiger partial charge is 0.448 e. The lowest BCUT2D eigenvalue weighted by atomic mass is 9.83. The minimum Gasteiger partial charge on any atom is -0.448 e. The molecule has 0 N–H and O–H groups in total. The fourth-order valence-electron chi connectivity index (χ4n) is 4.21. The molecule has 0 aliphatic carbocycles. The second-order valence-electron chi connectivity index (χ2n) is 7.57. The van der Waals surface area contributed by atoms with Gasteiger partial charge in [-0.15, -0.1) is 0 Å². The second-order valence-corrected chi connectivity index (χ2v) is 7.57. The summed E-state index contributed by atoms with van der Waals surface area (Å²) in [6, 6.07) is 9.98. The number of carbonyl (C=O) groups excluding carboxylic acids is 1. The molecule has 2 aliphatic rings. The summed E-state index contributed by atoms with van der Waals surface area (Å²) in [7, 11) is 0. The normalized spacial score (nSPS) is 17.9. The molecule has 1 spiro atoms. The van der Waals surface area contributed by atoms with Crippen LogP contribution in [0.2, 0.25) is 0 Å². The number of hydrogen-bond acceptors (Lipinski definition) is 6. The Morgan fingerprint density at radius 3 is 2.66 bits per heavy atom. The van der Waals surface area contributed by atoms with Gasteiger partial charge in [0, 0.05) is 31.8 Å². The Morgan fingerprint density at radius 1 is 1.14 bits per heavy atom. The average molecular weight is 390 g/mol. The van der Waals surface area contributed by atoms with E-state index in [4.69, 9.17) is 14.1 Å². The van der Waals surface area contributed by atoms with E-state index in [9.17, 15) is 4.79 Å². The zero-order chi connectivity index (χ0) is 19.8. The van der Waals surface area contributed by atoms with Gasteiger partial charge in [0.15, 0.2) is 17.4 Å². The molecule has 3 aromatic rings. The SMILES string of the molecule is Cc1nc(C(=O)N2CCC3(CC2)OCCc2cnc(-c4ccccc4)nc23)co1. The van der Waals surface area contributed by atoms with Crippen molar-refractivity contribution in [1.29, 1.82) is 0 Å². The summed E-state index contributed by atoms with van der Waals surface area (Å²) in [5, 5.41) is 0. The predicted octanol–water partition coefficient (Wildman–Crippen LogP) is 3.14. The molecule has 148 valence electrons. The van der Waals surface area contributed by atoms with Crippen molar-refractivity contribution < 1.29 is 13.9 Å². The van der Waals surface area contributed by atoms with Crippen molar-refractivity contribution in [2.24, 2.45) is 0 Å². The van der Waals surface area contributed by atoms with E-state index in [1.165, 1.54) is 6.26 Å². The van der Waals surface area contributed by atoms with Crippen molar-refractivity contribution in [2.75, 3.05) is 19.7 Å². The number of nitrogens with zero attached hydrogens (tertiary/aromatic N) is 4. The highest BCUT2D eigenvalue weighted by Crippen LogP contribution is 2.41. The van der Waals surface area contributed by atoms with Crippen LogP contribution in [-0.4, -0.2) is 45.5 Å². The molecule has 0 bridgehead atoms. The van der Waals surface area contributed by atoms with Gasteiger partial charge in [-0.25, -0.2) is 15.0 Å². The Bertz CT molecular complexity index is 1040. The Morgan fingerprint density at radius 2 is 1.93 bits per heavy atom. The van der Waals surface area contributed by atoms with Crippen LogP contribution in [0.15, 0.2) is 47.2 Å². The molecular weight excluding hydrogens is 368 g/mol. The fraction of sp³-hybridized carbons (Fsp3) is 0.364. The molecule has 1 fully saturated rings. The number of aryl methyl sites for hydroxylation is 1. The van der Waals surface area contributed by atoms with Crippen LogP contribution in [0.4, 0.5) is 0 Å². The lowest BCUT2D eigenvalue weighted by molar-refractivity contribution is -0.0967. The predicted molar refractivity (Wildman–Crippen MR) is 105 cm³/mol. The molecule has 29 heavy (non-hydrogen) atoms. The van der Waals surface area contributed by atoms with Crippen LogP contribution in [0, 0.1) is 6.92 Å². The van der Waals surface area contributed by atoms with E-state index in [0.717, 1.165) is 23.2 Å². The van der Waals surface area contributed by atoms with Gasteiger partial charge in [0.05, 0.1) is 12.3 Å². The van der Waals surface area contributed by atoms with E-state index < -0.39 is 5.60 Å². The number of carbonyl (C=O) groups is 1. The quantitative estimate of drug-likeness (QED) is 0.669. The highest BCUT2D eigenvalue weighted by atomic mass is 16.5. The van der Waals surface area contributed by atoms with Gasteiger partial charge in [-0.2, -0.15) is 0 Å². The van der Waals surface area contributed by atoms with Gasteiger partial charge >= 0.3 is 0 Å². The number of aromatic nitrogens is 3. The lowest BCUT2D eigenvalue weighted by Crippen LogP contribution is -2.49. The maximum absolute atomic E-state index is 12.7. The number of ether oxygens (including phenoxy) is 1. The minimum atomic E-state index is -0.462. The standard InChI is InChI=1S/C22H22N4O3/c1-15-24-18(14-28-15)21(27)26-10-8-22(9-11-26)19-17(7-12-29-22)13-23-20(25-19)16-5-3-2-4-6-16/h2-6,13-14H,7-12H2,1H3. The molecule has 4 heterocycles. The van der Waals surface area contributed by atoms with E-state index in [0.29, 0.717) is 49.9 Å². The highest BCUT2D eigenvalue weighted by Gasteiger charge is 2.43. The molecule has 5 rings (SSSR count). The van der Waals surface area contributed by atoms with Gasteiger partial charge in [0.2, 0.25) is 0 Å². The summed E-state index contributed by atoms with van der Waals surface area (Å²) in [4.78, 5) is 28.2. The second kappa shape index (κ2) is 7.08. The first-order valence-corrected chi connectivity index (χ1v) is 9.92. The van der Waals surface area contributed by atoms with Crippen LogP contribution in [-0.2, 0) is 16.8 Å². The van der Waals surface area contributed by atoms with E-state index in [2.05, 4.69) is 9.97 Å². The van der Waals surface area contributed by atoms with Crippen LogP contribution in [0.25, 0.3) is 11.4 Å². The lowest BCUT2D eigenvalue weighted by Gasteiger charge is -2.43. The topological polar surface area (TPSA) is 81.4 Å². The Labute approximate surface area is 168 Å². The number of rotatable bonds is 2. The molecule has 2 aliphatic heterocycles. The Hall–Kier alpha value is -3.06. The molecule has 7 heteroatoms. The number of piperidine rings is 1. The molecule has 7 nitrogen and oxygen atoms in total. The molecular formula is C22H22N4O3. The molecule has 0 unspecified atom stereocenters. The molecule has 1 amide bonds. The smallest absolute Gasteiger partial charge is 0.275 e. The maximum Gasteiger partial charge on any atom is 0.275 e. The third kappa shape index (κ3) is 3.21. The zero-order valence-corrected chi connectivity index (χ0v) is 16.3.